The van der Waals surface area contributed by atoms with Crippen molar-refractivity contribution in [2.24, 2.45) is 11.8 Å². The van der Waals surface area contributed by atoms with Crippen LogP contribution in [0.1, 0.15) is 41.4 Å². The van der Waals surface area contributed by atoms with Crippen LogP contribution in [0.3, 0.4) is 0 Å². The summed E-state index contributed by atoms with van der Waals surface area (Å²) in [5.74, 6) is 1.31. The average molecular weight is 506 g/mol. The topological polar surface area (TPSA) is 86.7 Å². The Morgan fingerprint density at radius 2 is 1.63 bits per heavy atom. The Balaban J connectivity index is 0.00000289. The van der Waals surface area contributed by atoms with Crippen molar-refractivity contribution in [3.05, 3.63) is 41.0 Å². The van der Waals surface area contributed by atoms with Crippen LogP contribution in [-0.4, -0.2) is 64.2 Å². The quantitative estimate of drug-likeness (QED) is 0.567. The van der Waals surface area contributed by atoms with Gasteiger partial charge in [0.1, 0.15) is 0 Å². The van der Waals surface area contributed by atoms with Gasteiger partial charge in [-0.25, -0.2) is 0 Å². The van der Waals surface area contributed by atoms with E-state index in [0.717, 1.165) is 36.3 Å². The molecule has 0 saturated carbocycles. The molecular weight excluding hydrogens is 474 g/mol. The summed E-state index contributed by atoms with van der Waals surface area (Å²) in [6.07, 6.45) is 1.95. The highest BCUT2D eigenvalue weighted by molar-refractivity contribution is 5.85. The molecule has 2 aromatic rings. The van der Waals surface area contributed by atoms with Gasteiger partial charge < -0.3 is 33.7 Å². The summed E-state index contributed by atoms with van der Waals surface area (Å²) in [5, 5.41) is 10.5. The molecule has 1 aliphatic carbocycles. The molecule has 35 heavy (non-hydrogen) atoms. The number of methoxy groups -OCH3 is 2. The number of phenols is 1. The lowest BCUT2D eigenvalue weighted by atomic mass is 9.62. The number of hydrogen-bond acceptors (Lipinski definition) is 8. The van der Waals surface area contributed by atoms with Gasteiger partial charge in [-0.2, -0.15) is 0 Å². The van der Waals surface area contributed by atoms with Crippen LogP contribution in [0.25, 0.3) is 0 Å². The van der Waals surface area contributed by atoms with Gasteiger partial charge in [-0.3, -0.25) is 4.79 Å². The molecule has 8 nitrogen and oxygen atoms in total. The SMILES string of the molecule is COc1cc([C@@H]2c3cc4c(cc3[C@@H](CCCN(C)C)C3COC(=O)[C@@H]32)OCO4)cc(OC)c1O.Cl. The van der Waals surface area contributed by atoms with Crippen LogP contribution in [0, 0.1) is 11.8 Å². The Kier molecular flexibility index (Phi) is 7.24. The number of halogens is 1. The molecule has 9 heteroatoms. The molecule has 5 rings (SSSR count). The fourth-order valence-electron chi connectivity index (χ4n) is 5.77. The molecule has 4 atom stereocenters. The molecule has 0 radical (unpaired) electrons. The number of fused-ring (bicyclic) bond motifs is 3. The Hall–Kier alpha value is -2.84. The summed E-state index contributed by atoms with van der Waals surface area (Å²) in [6, 6.07) is 7.66. The van der Waals surface area contributed by atoms with Gasteiger partial charge in [0, 0.05) is 11.8 Å². The van der Waals surface area contributed by atoms with Crippen LogP contribution >= 0.6 is 12.4 Å². The van der Waals surface area contributed by atoms with Crippen molar-refractivity contribution in [3.8, 4) is 28.7 Å². The number of hydrogen-bond donors (Lipinski definition) is 1. The fourth-order valence-corrected chi connectivity index (χ4v) is 5.77. The summed E-state index contributed by atoms with van der Waals surface area (Å²) in [4.78, 5) is 15.3. The van der Waals surface area contributed by atoms with E-state index in [1.165, 1.54) is 19.8 Å². The predicted octanol–water partition coefficient (Wildman–Crippen LogP) is 3.92. The molecule has 0 aromatic heterocycles. The van der Waals surface area contributed by atoms with E-state index in [4.69, 9.17) is 23.7 Å². The minimum absolute atomic E-state index is 0. The number of carbonyl (C=O) groups is 1. The predicted molar refractivity (Wildman–Crippen MR) is 131 cm³/mol. The Morgan fingerprint density at radius 3 is 2.23 bits per heavy atom. The molecule has 1 fully saturated rings. The number of cyclic esters (lactones) is 1. The molecule has 190 valence electrons. The maximum atomic E-state index is 13.1. The summed E-state index contributed by atoms with van der Waals surface area (Å²) >= 11 is 0. The van der Waals surface area contributed by atoms with Crippen LogP contribution < -0.4 is 18.9 Å². The maximum Gasteiger partial charge on any atom is 0.310 e. The van der Waals surface area contributed by atoms with Crippen LogP contribution in [-0.2, 0) is 9.53 Å². The van der Waals surface area contributed by atoms with Gasteiger partial charge in [0.2, 0.25) is 12.5 Å². The molecule has 1 unspecified atom stereocenters. The summed E-state index contributed by atoms with van der Waals surface area (Å²) < 4.78 is 27.9. The Labute approximate surface area is 211 Å². The molecule has 2 aromatic carbocycles. The second kappa shape index (κ2) is 10.0. The second-order valence-corrected chi connectivity index (χ2v) is 9.46. The first-order valence-corrected chi connectivity index (χ1v) is 11.6. The van der Waals surface area contributed by atoms with E-state index in [1.54, 1.807) is 12.1 Å². The lowest BCUT2D eigenvalue weighted by molar-refractivity contribution is -0.141. The third-order valence-electron chi connectivity index (χ3n) is 7.32. The number of esters is 1. The van der Waals surface area contributed by atoms with Crippen molar-refractivity contribution in [3.63, 3.8) is 0 Å². The first-order chi connectivity index (χ1) is 16.4. The zero-order valence-corrected chi connectivity index (χ0v) is 21.2. The van der Waals surface area contributed by atoms with Gasteiger partial charge in [0.05, 0.1) is 26.7 Å². The van der Waals surface area contributed by atoms with E-state index >= 15 is 0 Å². The third-order valence-corrected chi connectivity index (χ3v) is 7.32. The van der Waals surface area contributed by atoms with E-state index in [-0.39, 0.29) is 54.6 Å². The van der Waals surface area contributed by atoms with E-state index in [0.29, 0.717) is 23.9 Å². The highest BCUT2D eigenvalue weighted by Gasteiger charge is 2.52. The molecule has 1 N–H and O–H groups in total. The van der Waals surface area contributed by atoms with Crippen molar-refractivity contribution in [1.82, 2.24) is 4.90 Å². The molecule has 0 bridgehead atoms. The third kappa shape index (κ3) is 4.34. The van der Waals surface area contributed by atoms with Gasteiger partial charge >= 0.3 is 5.97 Å². The van der Waals surface area contributed by atoms with Gasteiger partial charge in [0.25, 0.3) is 0 Å². The van der Waals surface area contributed by atoms with Crippen molar-refractivity contribution in [1.29, 1.82) is 0 Å². The lowest BCUT2D eigenvalue weighted by Crippen LogP contribution is -2.35. The van der Waals surface area contributed by atoms with Crippen molar-refractivity contribution in [2.75, 3.05) is 48.3 Å². The standard InChI is InChI=1S/C26H31NO7.ClH/c1-27(2)7-5-6-15-16-10-19-20(34-13-33-19)11-17(16)23(24-18(15)12-32-26(24)29)14-8-21(30-3)25(28)22(9-14)31-4;/h8-11,15,18,23-24,28H,5-7,12-13H2,1-4H3;1H/t15-,18?,23-,24+;/m1./s1. The summed E-state index contributed by atoms with van der Waals surface area (Å²) in [6.45, 7) is 1.55. The minimum Gasteiger partial charge on any atom is -0.502 e. The smallest absolute Gasteiger partial charge is 0.310 e. The lowest BCUT2D eigenvalue weighted by Gasteiger charge is -2.39. The number of benzene rings is 2. The molecular formula is C26H32ClNO7. The number of rotatable bonds is 7. The highest BCUT2D eigenvalue weighted by Crippen LogP contribution is 2.57. The average Bonchev–Trinajstić information content (AvgIpc) is 3.44. The minimum atomic E-state index is -0.351. The zero-order valence-electron chi connectivity index (χ0n) is 20.4. The van der Waals surface area contributed by atoms with Crippen molar-refractivity contribution in [2.45, 2.75) is 24.7 Å². The van der Waals surface area contributed by atoms with Gasteiger partial charge in [-0.1, -0.05) is 0 Å². The maximum absolute atomic E-state index is 13.1. The van der Waals surface area contributed by atoms with Crippen LogP contribution in [0.2, 0.25) is 0 Å². The highest BCUT2D eigenvalue weighted by atomic mass is 35.5. The van der Waals surface area contributed by atoms with Gasteiger partial charge in [0.15, 0.2) is 23.0 Å². The fraction of sp³-hybridized carbons (Fsp3) is 0.500. The van der Waals surface area contributed by atoms with E-state index in [2.05, 4.69) is 25.1 Å². The van der Waals surface area contributed by atoms with Crippen LogP contribution in [0.15, 0.2) is 24.3 Å². The number of aromatic hydroxyl groups is 1. The molecule has 0 amide bonds. The zero-order chi connectivity index (χ0) is 24.0. The largest absolute Gasteiger partial charge is 0.502 e. The summed E-state index contributed by atoms with van der Waals surface area (Å²) in [5.41, 5.74) is 3.01. The summed E-state index contributed by atoms with van der Waals surface area (Å²) in [7, 11) is 7.14. The van der Waals surface area contributed by atoms with Crippen molar-refractivity contribution >= 4 is 18.4 Å². The number of phenolic OH excluding ortho intramolecular Hbond substituents is 1. The molecule has 2 heterocycles. The van der Waals surface area contributed by atoms with Gasteiger partial charge in [-0.05, 0) is 80.4 Å². The number of carbonyl (C=O) groups excluding carboxylic acids is 1. The van der Waals surface area contributed by atoms with E-state index in [9.17, 15) is 9.90 Å². The van der Waals surface area contributed by atoms with Gasteiger partial charge in [-0.15, -0.1) is 12.4 Å². The first-order valence-electron chi connectivity index (χ1n) is 11.6. The normalized spacial score (nSPS) is 23.9. The molecule has 0 spiro atoms. The molecule has 2 aliphatic heterocycles. The number of nitrogens with zero attached hydrogens (tertiary/aromatic N) is 1. The Morgan fingerprint density at radius 1 is 1.00 bits per heavy atom. The Bertz CT molecular complexity index is 1080. The van der Waals surface area contributed by atoms with E-state index in [1.807, 2.05) is 6.07 Å². The van der Waals surface area contributed by atoms with Crippen LogP contribution in [0.4, 0.5) is 0 Å². The van der Waals surface area contributed by atoms with Crippen LogP contribution in [0.5, 0.6) is 28.7 Å². The van der Waals surface area contributed by atoms with Crippen molar-refractivity contribution < 1.29 is 33.6 Å². The molecule has 1 saturated heterocycles. The number of ether oxygens (including phenoxy) is 5. The first kappa shape index (κ1) is 25.3. The van der Waals surface area contributed by atoms with E-state index < -0.39 is 0 Å². The second-order valence-electron chi connectivity index (χ2n) is 9.46. The monoisotopic (exact) mass is 505 g/mol. The molecule has 3 aliphatic rings.